The quantitative estimate of drug-likeness (QED) is 0.877. The number of aliphatic imine (C=N–C) groups is 1. The normalized spacial score (nSPS) is 34.5. The monoisotopic (exact) mass is 289 g/mol. The molecule has 2 fully saturated rings. The molecule has 0 bridgehead atoms. The third kappa shape index (κ3) is 2.39. The molecule has 3 aliphatic heterocycles. The van der Waals surface area contributed by atoms with Crippen molar-refractivity contribution >= 4 is 11.9 Å². The molecule has 3 aliphatic rings. The van der Waals surface area contributed by atoms with Crippen molar-refractivity contribution in [2.24, 2.45) is 4.99 Å². The third-order valence-corrected chi connectivity index (χ3v) is 4.69. The van der Waals surface area contributed by atoms with Crippen molar-refractivity contribution in [2.45, 2.75) is 43.5 Å². The molecule has 0 saturated carbocycles. The molecule has 2 N–H and O–H groups in total. The van der Waals surface area contributed by atoms with Crippen LogP contribution >= 0.6 is 0 Å². The standard InChI is InChI=1S/C16H20FN3O/c17-11-4-5-14-13(7-11)16(9-18-14)10-19-15(20-16)8-12-3-1-2-6-21-12/h4-5,7,9,12,15,19-20H,1-3,6,8,10H2/t12-,15?,16?/m1/s1. The summed E-state index contributed by atoms with van der Waals surface area (Å²) in [7, 11) is 0. The number of rotatable bonds is 2. The maximum absolute atomic E-state index is 13.5. The first-order chi connectivity index (χ1) is 10.3. The van der Waals surface area contributed by atoms with Gasteiger partial charge >= 0.3 is 0 Å². The predicted molar refractivity (Wildman–Crippen MR) is 79.4 cm³/mol. The lowest BCUT2D eigenvalue weighted by Crippen LogP contribution is -2.44. The summed E-state index contributed by atoms with van der Waals surface area (Å²) in [6, 6.07) is 4.80. The molecular weight excluding hydrogens is 269 g/mol. The molecule has 0 radical (unpaired) electrons. The molecule has 5 heteroatoms. The summed E-state index contributed by atoms with van der Waals surface area (Å²) in [5.74, 6) is -0.209. The Morgan fingerprint density at radius 3 is 3.19 bits per heavy atom. The Morgan fingerprint density at radius 2 is 2.33 bits per heavy atom. The van der Waals surface area contributed by atoms with E-state index in [-0.39, 0.29) is 17.5 Å². The van der Waals surface area contributed by atoms with E-state index in [1.807, 2.05) is 6.21 Å². The summed E-state index contributed by atoms with van der Waals surface area (Å²) in [5, 5.41) is 7.08. The van der Waals surface area contributed by atoms with E-state index in [1.165, 1.54) is 18.9 Å². The Labute approximate surface area is 123 Å². The van der Waals surface area contributed by atoms with Gasteiger partial charge in [0.05, 0.1) is 23.5 Å². The zero-order chi connectivity index (χ0) is 14.3. The number of benzene rings is 1. The van der Waals surface area contributed by atoms with Crippen LogP contribution in [-0.4, -0.2) is 31.6 Å². The van der Waals surface area contributed by atoms with Gasteiger partial charge in [0.15, 0.2) is 0 Å². The molecule has 1 aromatic carbocycles. The summed E-state index contributed by atoms with van der Waals surface area (Å²) in [5.41, 5.74) is 1.43. The zero-order valence-electron chi connectivity index (χ0n) is 11.9. The van der Waals surface area contributed by atoms with Gasteiger partial charge in [-0.3, -0.25) is 15.6 Å². The number of fused-ring (bicyclic) bond motifs is 2. The molecule has 112 valence electrons. The van der Waals surface area contributed by atoms with E-state index < -0.39 is 0 Å². The Bertz CT molecular complexity index is 571. The van der Waals surface area contributed by atoms with Crippen molar-refractivity contribution in [1.29, 1.82) is 0 Å². The largest absolute Gasteiger partial charge is 0.378 e. The molecule has 1 spiro atoms. The number of nitrogens with zero attached hydrogens (tertiary/aromatic N) is 1. The van der Waals surface area contributed by atoms with Crippen LogP contribution in [0.25, 0.3) is 0 Å². The molecular formula is C16H20FN3O. The molecule has 1 aromatic rings. The molecule has 4 rings (SSSR count). The van der Waals surface area contributed by atoms with Crippen molar-refractivity contribution in [3.8, 4) is 0 Å². The Balaban J connectivity index is 1.49. The highest BCUT2D eigenvalue weighted by Crippen LogP contribution is 2.37. The first-order valence-corrected chi connectivity index (χ1v) is 7.73. The van der Waals surface area contributed by atoms with Gasteiger partial charge in [-0.1, -0.05) is 0 Å². The van der Waals surface area contributed by atoms with Gasteiger partial charge in [-0.2, -0.15) is 0 Å². The lowest BCUT2D eigenvalue weighted by Gasteiger charge is -2.27. The topological polar surface area (TPSA) is 45.7 Å². The maximum Gasteiger partial charge on any atom is 0.123 e. The van der Waals surface area contributed by atoms with Crippen LogP contribution < -0.4 is 10.6 Å². The fraction of sp³-hybridized carbons (Fsp3) is 0.562. The van der Waals surface area contributed by atoms with Crippen LogP contribution in [0, 0.1) is 5.82 Å². The number of ether oxygens (including phenoxy) is 1. The third-order valence-electron chi connectivity index (χ3n) is 4.69. The molecule has 3 heterocycles. The molecule has 4 nitrogen and oxygen atoms in total. The minimum absolute atomic E-state index is 0.189. The van der Waals surface area contributed by atoms with Crippen molar-refractivity contribution in [3.63, 3.8) is 0 Å². The van der Waals surface area contributed by atoms with Crippen molar-refractivity contribution in [1.82, 2.24) is 10.6 Å². The zero-order valence-corrected chi connectivity index (χ0v) is 11.9. The van der Waals surface area contributed by atoms with Crippen LogP contribution in [0.15, 0.2) is 23.2 Å². The van der Waals surface area contributed by atoms with E-state index in [2.05, 4.69) is 15.6 Å². The summed E-state index contributed by atoms with van der Waals surface area (Å²) < 4.78 is 19.4. The van der Waals surface area contributed by atoms with Crippen LogP contribution in [0.2, 0.25) is 0 Å². The Kier molecular flexibility index (Phi) is 3.28. The first-order valence-electron chi connectivity index (χ1n) is 7.73. The smallest absolute Gasteiger partial charge is 0.123 e. The van der Waals surface area contributed by atoms with Gasteiger partial charge in [-0.15, -0.1) is 0 Å². The Hall–Kier alpha value is -1.30. The van der Waals surface area contributed by atoms with Gasteiger partial charge in [-0.25, -0.2) is 4.39 Å². The van der Waals surface area contributed by atoms with Crippen molar-refractivity contribution < 1.29 is 9.13 Å². The minimum atomic E-state index is -0.364. The molecule has 0 aromatic heterocycles. The summed E-state index contributed by atoms with van der Waals surface area (Å²) in [4.78, 5) is 4.43. The van der Waals surface area contributed by atoms with Crippen LogP contribution in [-0.2, 0) is 10.3 Å². The highest BCUT2D eigenvalue weighted by molar-refractivity contribution is 5.85. The molecule has 21 heavy (non-hydrogen) atoms. The number of hydrogen-bond acceptors (Lipinski definition) is 4. The van der Waals surface area contributed by atoms with E-state index in [4.69, 9.17) is 4.74 Å². The second kappa shape index (κ2) is 5.16. The van der Waals surface area contributed by atoms with E-state index in [0.29, 0.717) is 6.10 Å². The van der Waals surface area contributed by atoms with Crippen LogP contribution in [0.3, 0.4) is 0 Å². The lowest BCUT2D eigenvalue weighted by molar-refractivity contribution is 0.00468. The average Bonchev–Trinajstić information content (AvgIpc) is 3.06. The summed E-state index contributed by atoms with van der Waals surface area (Å²) >= 11 is 0. The molecule has 0 aliphatic carbocycles. The molecule has 2 saturated heterocycles. The van der Waals surface area contributed by atoms with Gasteiger partial charge in [0.25, 0.3) is 0 Å². The van der Waals surface area contributed by atoms with Gasteiger partial charge in [0, 0.05) is 31.4 Å². The van der Waals surface area contributed by atoms with Gasteiger partial charge < -0.3 is 4.74 Å². The van der Waals surface area contributed by atoms with Gasteiger partial charge in [-0.05, 0) is 37.5 Å². The lowest BCUT2D eigenvalue weighted by atomic mass is 9.93. The number of nitrogens with one attached hydrogen (secondary N) is 2. The van der Waals surface area contributed by atoms with E-state index in [9.17, 15) is 4.39 Å². The number of halogens is 1. The summed E-state index contributed by atoms with van der Waals surface area (Å²) in [6.07, 6.45) is 6.92. The van der Waals surface area contributed by atoms with Crippen LogP contribution in [0.4, 0.5) is 10.1 Å². The second-order valence-electron chi connectivity index (χ2n) is 6.19. The second-order valence-corrected chi connectivity index (χ2v) is 6.19. The van der Waals surface area contributed by atoms with Crippen molar-refractivity contribution in [3.05, 3.63) is 29.6 Å². The Morgan fingerprint density at radius 1 is 1.38 bits per heavy atom. The van der Waals surface area contributed by atoms with E-state index in [1.54, 1.807) is 12.1 Å². The molecule has 3 atom stereocenters. The van der Waals surface area contributed by atoms with Crippen LogP contribution in [0.5, 0.6) is 0 Å². The fourth-order valence-corrected chi connectivity index (χ4v) is 3.58. The maximum atomic E-state index is 13.5. The van der Waals surface area contributed by atoms with Gasteiger partial charge in [0.1, 0.15) is 5.82 Å². The van der Waals surface area contributed by atoms with Crippen LogP contribution in [0.1, 0.15) is 31.2 Å². The van der Waals surface area contributed by atoms with Gasteiger partial charge in [0.2, 0.25) is 0 Å². The van der Waals surface area contributed by atoms with Crippen molar-refractivity contribution in [2.75, 3.05) is 13.2 Å². The highest BCUT2D eigenvalue weighted by atomic mass is 19.1. The summed E-state index contributed by atoms with van der Waals surface area (Å²) in [6.45, 7) is 1.61. The fourth-order valence-electron chi connectivity index (χ4n) is 3.58. The minimum Gasteiger partial charge on any atom is -0.378 e. The van der Waals surface area contributed by atoms with E-state index >= 15 is 0 Å². The number of hydrogen-bond donors (Lipinski definition) is 2. The SMILES string of the molecule is Fc1ccc2c(c1)C1(C=N2)CNC(C[C@H]2CCCCO2)N1. The highest BCUT2D eigenvalue weighted by Gasteiger charge is 2.43. The first kappa shape index (κ1) is 13.4. The van der Waals surface area contributed by atoms with E-state index in [0.717, 1.165) is 37.2 Å². The molecule has 0 amide bonds. The average molecular weight is 289 g/mol. The predicted octanol–water partition coefficient (Wildman–Crippen LogP) is 2.21. The molecule has 2 unspecified atom stereocenters.